The van der Waals surface area contributed by atoms with Crippen molar-refractivity contribution in [2.24, 2.45) is 0 Å². The van der Waals surface area contributed by atoms with Gasteiger partial charge in [0.1, 0.15) is 12.4 Å². The Bertz CT molecular complexity index is 1350. The number of carbonyl (C=O) groups excluding carboxylic acids is 2. The van der Waals surface area contributed by atoms with E-state index in [1.807, 2.05) is 36.4 Å². The summed E-state index contributed by atoms with van der Waals surface area (Å²) < 4.78 is 0. The Morgan fingerprint density at radius 3 is 2.64 bits per heavy atom. The van der Waals surface area contributed by atoms with Crippen molar-refractivity contribution in [1.82, 2.24) is 20.2 Å². The highest BCUT2D eigenvalue weighted by molar-refractivity contribution is 8.18. The minimum Gasteiger partial charge on any atom is -0.368 e. The first-order valence-corrected chi connectivity index (χ1v) is 11.3. The quantitative estimate of drug-likeness (QED) is 0.600. The number of hydrogen-bond acceptors (Lipinski definition) is 8. The van der Waals surface area contributed by atoms with Gasteiger partial charge in [0.2, 0.25) is 0 Å². The lowest BCUT2D eigenvalue weighted by molar-refractivity contribution is -0.115. The van der Waals surface area contributed by atoms with E-state index in [1.54, 1.807) is 6.08 Å². The molecule has 0 aliphatic carbocycles. The Hall–Kier alpha value is -3.74. The predicted octanol–water partition coefficient (Wildman–Crippen LogP) is 3.24. The van der Waals surface area contributed by atoms with E-state index >= 15 is 0 Å². The standard InChI is InChI=1S/C24H20N6O2S/c1-29-6-8-30(9-7-29)20-5-3-16(12-17(20)13-25)22-18-10-15(2-4-19(18)26-14-27-22)11-21-23(31)28-24(32)33-21/h2-5,10-12,14H,6-9H2,1H3,(H,28,31,32). The van der Waals surface area contributed by atoms with Gasteiger partial charge in [-0.3, -0.25) is 14.9 Å². The van der Waals surface area contributed by atoms with Crippen LogP contribution in [0.3, 0.4) is 0 Å². The summed E-state index contributed by atoms with van der Waals surface area (Å²) in [5.41, 5.74) is 4.60. The number of hydrogen-bond donors (Lipinski definition) is 1. The van der Waals surface area contributed by atoms with Gasteiger partial charge in [-0.05, 0) is 54.7 Å². The van der Waals surface area contributed by atoms with Crippen LogP contribution in [0, 0.1) is 11.3 Å². The lowest BCUT2D eigenvalue weighted by atomic mass is 10.0. The van der Waals surface area contributed by atoms with Crippen LogP contribution in [0.2, 0.25) is 0 Å². The summed E-state index contributed by atoms with van der Waals surface area (Å²) in [6.07, 6.45) is 3.19. The highest BCUT2D eigenvalue weighted by Gasteiger charge is 2.25. The summed E-state index contributed by atoms with van der Waals surface area (Å²) in [5.74, 6) is -0.396. The molecular formula is C24H20N6O2S. The third-order valence-electron chi connectivity index (χ3n) is 5.83. The van der Waals surface area contributed by atoms with Gasteiger partial charge in [0.25, 0.3) is 11.1 Å². The van der Waals surface area contributed by atoms with Gasteiger partial charge >= 0.3 is 0 Å². The number of thioether (sulfide) groups is 1. The molecule has 0 radical (unpaired) electrons. The molecule has 2 aliphatic rings. The number of nitriles is 1. The van der Waals surface area contributed by atoms with E-state index in [2.05, 4.69) is 38.2 Å². The van der Waals surface area contributed by atoms with Gasteiger partial charge < -0.3 is 9.80 Å². The Morgan fingerprint density at radius 1 is 1.09 bits per heavy atom. The molecule has 1 aromatic heterocycles. The van der Waals surface area contributed by atoms with E-state index in [0.717, 1.165) is 65.7 Å². The number of rotatable bonds is 3. The molecule has 2 amide bonds. The van der Waals surface area contributed by atoms with Crippen LogP contribution >= 0.6 is 11.8 Å². The molecule has 2 fully saturated rings. The monoisotopic (exact) mass is 456 g/mol. The fraction of sp³-hybridized carbons (Fsp3) is 0.208. The SMILES string of the molecule is CN1CCN(c2ccc(-c3ncnc4ccc(C=C5SC(=O)NC5=O)cc34)cc2C#N)CC1. The summed E-state index contributed by atoms with van der Waals surface area (Å²) >= 11 is 0.881. The number of carbonyl (C=O) groups is 2. The van der Waals surface area contributed by atoms with Gasteiger partial charge in [-0.2, -0.15) is 5.26 Å². The molecule has 0 atom stereocenters. The van der Waals surface area contributed by atoms with E-state index in [4.69, 9.17) is 0 Å². The first kappa shape index (κ1) is 21.1. The fourth-order valence-corrected chi connectivity index (χ4v) is 4.74. The van der Waals surface area contributed by atoms with Gasteiger partial charge in [0.15, 0.2) is 0 Å². The maximum atomic E-state index is 11.9. The molecule has 0 spiro atoms. The molecule has 8 nitrogen and oxygen atoms in total. The van der Waals surface area contributed by atoms with Gasteiger partial charge in [0, 0.05) is 37.1 Å². The first-order valence-electron chi connectivity index (χ1n) is 10.5. The van der Waals surface area contributed by atoms with Gasteiger partial charge in [-0.25, -0.2) is 9.97 Å². The minimum absolute atomic E-state index is 0.348. The van der Waals surface area contributed by atoms with Crippen LogP contribution in [0.25, 0.3) is 28.2 Å². The summed E-state index contributed by atoms with van der Waals surface area (Å²) in [5, 5.41) is 12.5. The Labute approximate surface area is 194 Å². The van der Waals surface area contributed by atoms with Gasteiger partial charge in [0.05, 0.1) is 27.4 Å². The number of benzene rings is 2. The molecule has 0 saturated carbocycles. The molecule has 164 valence electrons. The second-order valence-corrected chi connectivity index (χ2v) is 9.00. The molecule has 3 aromatic rings. The topological polar surface area (TPSA) is 102 Å². The number of imide groups is 1. The van der Waals surface area contributed by atoms with Crippen molar-refractivity contribution in [2.75, 3.05) is 38.1 Å². The molecule has 0 unspecified atom stereocenters. The molecule has 1 N–H and O–H groups in total. The molecule has 3 heterocycles. The minimum atomic E-state index is -0.396. The number of aromatic nitrogens is 2. The number of likely N-dealkylation sites (N-methyl/N-ethyl adjacent to an activating group) is 1. The van der Waals surface area contributed by atoms with Crippen LogP contribution in [0.15, 0.2) is 47.6 Å². The summed E-state index contributed by atoms with van der Waals surface area (Å²) in [6, 6.07) is 13.8. The summed E-state index contributed by atoms with van der Waals surface area (Å²) in [7, 11) is 2.10. The van der Waals surface area contributed by atoms with Gasteiger partial charge in [-0.1, -0.05) is 12.1 Å². The third kappa shape index (κ3) is 4.18. The van der Waals surface area contributed by atoms with E-state index in [1.165, 1.54) is 6.33 Å². The fourth-order valence-electron chi connectivity index (χ4n) is 4.06. The van der Waals surface area contributed by atoms with Crippen LogP contribution < -0.4 is 10.2 Å². The zero-order valence-corrected chi connectivity index (χ0v) is 18.7. The Balaban J connectivity index is 1.54. The highest BCUT2D eigenvalue weighted by Crippen LogP contribution is 2.32. The van der Waals surface area contributed by atoms with Gasteiger partial charge in [-0.15, -0.1) is 0 Å². The Morgan fingerprint density at radius 2 is 1.91 bits per heavy atom. The zero-order chi connectivity index (χ0) is 22.9. The number of nitrogens with zero attached hydrogens (tertiary/aromatic N) is 5. The third-order valence-corrected chi connectivity index (χ3v) is 6.64. The number of fused-ring (bicyclic) bond motifs is 1. The molecule has 33 heavy (non-hydrogen) atoms. The first-order chi connectivity index (χ1) is 16.0. The highest BCUT2D eigenvalue weighted by atomic mass is 32.2. The maximum Gasteiger partial charge on any atom is 0.290 e. The average Bonchev–Trinajstić information content (AvgIpc) is 3.15. The van der Waals surface area contributed by atoms with Crippen LogP contribution in [-0.4, -0.2) is 59.2 Å². The Kier molecular flexibility index (Phi) is 5.54. The van der Waals surface area contributed by atoms with Crippen molar-refractivity contribution in [3.05, 3.63) is 58.8 Å². The van der Waals surface area contributed by atoms with Crippen molar-refractivity contribution in [3.8, 4) is 17.3 Å². The van der Waals surface area contributed by atoms with E-state index < -0.39 is 5.91 Å². The predicted molar refractivity (Wildman–Crippen MR) is 129 cm³/mol. The number of nitrogens with one attached hydrogen (secondary N) is 1. The smallest absolute Gasteiger partial charge is 0.290 e. The molecule has 0 bridgehead atoms. The average molecular weight is 457 g/mol. The second-order valence-electron chi connectivity index (χ2n) is 7.99. The molecule has 2 aliphatic heterocycles. The van der Waals surface area contributed by atoms with E-state index in [0.29, 0.717) is 16.2 Å². The second kappa shape index (κ2) is 8.65. The number of amides is 2. The number of anilines is 1. The van der Waals surface area contributed by atoms with Crippen molar-refractivity contribution in [2.45, 2.75) is 0 Å². The zero-order valence-electron chi connectivity index (χ0n) is 17.9. The van der Waals surface area contributed by atoms with Crippen molar-refractivity contribution in [1.29, 1.82) is 5.26 Å². The van der Waals surface area contributed by atoms with E-state index in [9.17, 15) is 14.9 Å². The largest absolute Gasteiger partial charge is 0.368 e. The molecule has 2 aromatic carbocycles. The summed E-state index contributed by atoms with van der Waals surface area (Å²) in [4.78, 5) is 37.1. The van der Waals surface area contributed by atoms with Crippen LogP contribution in [0.1, 0.15) is 11.1 Å². The maximum absolute atomic E-state index is 11.9. The van der Waals surface area contributed by atoms with Crippen LogP contribution in [0.4, 0.5) is 10.5 Å². The molecule has 9 heteroatoms. The molecule has 2 saturated heterocycles. The molecule has 5 rings (SSSR count). The lowest BCUT2D eigenvalue weighted by Gasteiger charge is -2.34. The van der Waals surface area contributed by atoms with Crippen molar-refractivity contribution < 1.29 is 9.59 Å². The lowest BCUT2D eigenvalue weighted by Crippen LogP contribution is -2.44. The normalized spacial score (nSPS) is 18.1. The van der Waals surface area contributed by atoms with E-state index in [-0.39, 0.29) is 5.24 Å². The van der Waals surface area contributed by atoms with Crippen molar-refractivity contribution >= 4 is 45.6 Å². The summed E-state index contributed by atoms with van der Waals surface area (Å²) in [6.45, 7) is 3.69. The number of piperazine rings is 1. The molecular weight excluding hydrogens is 436 g/mol. The van der Waals surface area contributed by atoms with Crippen molar-refractivity contribution in [3.63, 3.8) is 0 Å². The van der Waals surface area contributed by atoms with Crippen LogP contribution in [0.5, 0.6) is 0 Å². The van der Waals surface area contributed by atoms with Crippen LogP contribution in [-0.2, 0) is 4.79 Å².